The van der Waals surface area contributed by atoms with E-state index < -0.39 is 0 Å². The summed E-state index contributed by atoms with van der Waals surface area (Å²) in [5, 5.41) is 14.3. The van der Waals surface area contributed by atoms with Crippen LogP contribution in [0, 0.1) is 0 Å². The van der Waals surface area contributed by atoms with Gasteiger partial charge in [0.2, 0.25) is 0 Å². The van der Waals surface area contributed by atoms with Crippen molar-refractivity contribution in [1.29, 1.82) is 0 Å². The Hall–Kier alpha value is 0.359. The van der Waals surface area contributed by atoms with E-state index in [9.17, 15) is 0 Å². The Bertz CT molecular complexity index is 112. The number of hydrogen-bond acceptors (Lipinski definition) is 6. The van der Waals surface area contributed by atoms with Gasteiger partial charge in [0.05, 0.1) is 0 Å². The molecule has 4 nitrogen and oxygen atoms in total. The van der Waals surface area contributed by atoms with E-state index in [0.717, 1.165) is 0 Å². The van der Waals surface area contributed by atoms with Crippen LogP contribution in [-0.4, -0.2) is 70.6 Å². The van der Waals surface area contributed by atoms with Crippen molar-refractivity contribution in [3.63, 3.8) is 0 Å². The summed E-state index contributed by atoms with van der Waals surface area (Å²) < 4.78 is 8.21. The van der Waals surface area contributed by atoms with Gasteiger partial charge in [0.15, 0.2) is 0 Å². The minimum atomic E-state index is 0. The predicted molar refractivity (Wildman–Crippen MR) is 75.4 cm³/mol. The van der Waals surface area contributed by atoms with Crippen LogP contribution in [0.25, 0.3) is 0 Å². The maximum absolute atomic E-state index is 7.13. The summed E-state index contributed by atoms with van der Waals surface area (Å²) in [6, 6.07) is 0. The number of thiocarbonyl (C=S) groups is 4. The van der Waals surface area contributed by atoms with Gasteiger partial charge in [-0.2, -0.15) is 0 Å². The number of rotatable bonds is 2. The minimum Gasteiger partial charge on any atom is -0.694 e. The molecular formula is C6H8O4S4Sn. The van der Waals surface area contributed by atoms with Crippen molar-refractivity contribution in [3.8, 4) is 0 Å². The molecule has 9 heteroatoms. The Morgan fingerprint density at radius 1 is 0.800 bits per heavy atom. The topological polar surface area (TPSA) is 58.9 Å². The van der Waals surface area contributed by atoms with Gasteiger partial charge in [-0.05, 0) is 0 Å². The van der Waals surface area contributed by atoms with E-state index in [-0.39, 0.29) is 23.9 Å². The fraction of sp³-hybridized carbons (Fsp3) is 0.333. The fourth-order valence-corrected chi connectivity index (χ4v) is 0. The third kappa shape index (κ3) is 394. The van der Waals surface area contributed by atoms with Crippen LogP contribution in [0.2, 0.25) is 0 Å². The molecule has 0 saturated carbocycles. The Morgan fingerprint density at radius 2 is 0.867 bits per heavy atom. The molecule has 0 radical (unpaired) electrons. The minimum absolute atomic E-state index is 0. The average molecular weight is 391 g/mol. The van der Waals surface area contributed by atoms with E-state index in [1.54, 1.807) is 0 Å². The van der Waals surface area contributed by atoms with Crippen molar-refractivity contribution in [1.82, 2.24) is 0 Å². The molecule has 0 aliphatic heterocycles. The maximum atomic E-state index is 7.13. The Labute approximate surface area is 128 Å². The quantitative estimate of drug-likeness (QED) is 0.415. The number of aliphatic hydroxyl groups excluding tert-OH is 2. The van der Waals surface area contributed by atoms with Crippen molar-refractivity contribution < 1.29 is 19.7 Å². The van der Waals surface area contributed by atoms with Gasteiger partial charge >= 0.3 is 23.9 Å². The Kier molecular flexibility index (Phi) is 125. The second-order valence-electron chi connectivity index (χ2n) is 0.757. The standard InChI is InChI=1S/2C2H3OS.2CHOS.Sn/c2*1-3-2-4;2*2-1-3;/h2*1H3;2*(H,2,3);/q4*-1;+4. The number of aliphatic hydroxyl groups is 2. The van der Waals surface area contributed by atoms with E-state index in [1.807, 2.05) is 11.1 Å². The molecule has 0 fully saturated rings. The third-order valence-corrected chi connectivity index (χ3v) is 0.500. The first-order valence-corrected chi connectivity index (χ1v) is 4.12. The van der Waals surface area contributed by atoms with Crippen molar-refractivity contribution in [3.05, 3.63) is 0 Å². The molecule has 0 atom stereocenters. The zero-order valence-electron chi connectivity index (χ0n) is 7.84. The van der Waals surface area contributed by atoms with Gasteiger partial charge in [0.1, 0.15) is 0 Å². The van der Waals surface area contributed by atoms with Crippen LogP contribution in [0.1, 0.15) is 0 Å². The number of methoxy groups -OCH3 is 2. The number of ether oxygens (including phenoxy) is 2. The Morgan fingerprint density at radius 3 is 0.867 bits per heavy atom. The molecule has 15 heavy (non-hydrogen) atoms. The molecule has 0 unspecified atom stereocenters. The summed E-state index contributed by atoms with van der Waals surface area (Å²) >= 11 is 15.6. The van der Waals surface area contributed by atoms with Crippen molar-refractivity contribution in [2.75, 3.05) is 14.2 Å². The van der Waals surface area contributed by atoms with E-state index in [2.05, 4.69) is 58.3 Å². The van der Waals surface area contributed by atoms with Gasteiger partial charge in [-0.25, -0.2) is 22.2 Å². The van der Waals surface area contributed by atoms with E-state index in [4.69, 9.17) is 10.2 Å². The van der Waals surface area contributed by atoms with E-state index in [0.29, 0.717) is 0 Å². The van der Waals surface area contributed by atoms with Gasteiger partial charge in [0, 0.05) is 14.2 Å². The maximum Gasteiger partial charge on any atom is 4.00 e. The molecular weight excluding hydrogens is 383 g/mol. The molecule has 0 aromatic heterocycles. The smallest absolute Gasteiger partial charge is 0.694 e. The summed E-state index contributed by atoms with van der Waals surface area (Å²) in [4.78, 5) is 0. The normalized spacial score (nSPS) is 4.40. The summed E-state index contributed by atoms with van der Waals surface area (Å²) in [6.07, 6.45) is 0. The largest absolute Gasteiger partial charge is 4.00 e. The molecule has 0 heterocycles. The molecule has 0 saturated heterocycles. The molecule has 84 valence electrons. The third-order valence-electron chi connectivity index (χ3n) is 0.167. The van der Waals surface area contributed by atoms with Gasteiger partial charge in [-0.3, -0.25) is 0 Å². The van der Waals surface area contributed by atoms with Crippen LogP contribution in [0.4, 0.5) is 0 Å². The predicted octanol–water partition coefficient (Wildman–Crippen LogP) is 1.31. The summed E-state index contributed by atoms with van der Waals surface area (Å²) in [5.41, 5.74) is 6.69. The molecule has 0 aliphatic carbocycles. The second-order valence-corrected chi connectivity index (χ2v) is 1.46. The van der Waals surface area contributed by atoms with Gasteiger partial charge in [0.25, 0.3) is 0 Å². The second kappa shape index (κ2) is 63.4. The molecule has 0 aromatic carbocycles. The average Bonchev–Trinajstić information content (AvgIpc) is 2.20. The molecule has 0 rings (SSSR count). The molecule has 2 N–H and O–H groups in total. The van der Waals surface area contributed by atoms with Crippen LogP contribution >= 0.6 is 48.9 Å². The molecule has 0 spiro atoms. The molecule has 0 aromatic rings. The Balaban J connectivity index is -0.0000000293. The first kappa shape index (κ1) is 29.5. The first-order chi connectivity index (χ1) is 6.66. The van der Waals surface area contributed by atoms with Crippen molar-refractivity contribution in [2.24, 2.45) is 0 Å². The van der Waals surface area contributed by atoms with Crippen LogP contribution in [0.15, 0.2) is 0 Å². The SMILES string of the molecule is CO[C-]=S.CO[C-]=S.O[C-]=S.O[C-]=S.[Sn+4]. The van der Waals surface area contributed by atoms with Gasteiger partial charge < -0.3 is 68.6 Å². The van der Waals surface area contributed by atoms with Crippen LogP contribution < -0.4 is 0 Å². The van der Waals surface area contributed by atoms with E-state index in [1.165, 1.54) is 25.3 Å². The van der Waals surface area contributed by atoms with Gasteiger partial charge in [-0.15, -0.1) is 0 Å². The molecule has 0 amide bonds. The summed E-state index contributed by atoms with van der Waals surface area (Å²) in [5.74, 6) is 0. The molecule has 0 bridgehead atoms. The van der Waals surface area contributed by atoms with Crippen LogP contribution in [-0.2, 0) is 9.47 Å². The molecule has 0 aliphatic rings. The van der Waals surface area contributed by atoms with Gasteiger partial charge in [-0.1, -0.05) is 0 Å². The van der Waals surface area contributed by atoms with Crippen molar-refractivity contribution in [2.45, 2.75) is 0 Å². The number of hydrogen-bond donors (Lipinski definition) is 2. The van der Waals surface area contributed by atoms with Crippen LogP contribution in [0.5, 0.6) is 0 Å². The zero-order valence-corrected chi connectivity index (χ0v) is 14.0. The summed E-state index contributed by atoms with van der Waals surface area (Å²) in [6.45, 7) is 0. The monoisotopic (exact) mass is 392 g/mol. The zero-order chi connectivity index (χ0) is 12.2. The fourth-order valence-electron chi connectivity index (χ4n) is 0. The first-order valence-electron chi connectivity index (χ1n) is 2.49. The van der Waals surface area contributed by atoms with Crippen molar-refractivity contribution >= 4 is 95.0 Å². The van der Waals surface area contributed by atoms with Crippen LogP contribution in [0.3, 0.4) is 0 Å². The summed E-state index contributed by atoms with van der Waals surface area (Å²) in [7, 11) is 2.93. The van der Waals surface area contributed by atoms with E-state index >= 15 is 0 Å².